The number of nitro groups is 1. The molecule has 1 N–H and O–H groups in total. The summed E-state index contributed by atoms with van der Waals surface area (Å²) in [6.45, 7) is 1.36. The first-order valence-corrected chi connectivity index (χ1v) is 7.32. The minimum Gasteiger partial charge on any atom is -0.280 e. The molecule has 0 heterocycles. The van der Waals surface area contributed by atoms with Crippen molar-refractivity contribution in [2.75, 3.05) is 4.72 Å². The highest BCUT2D eigenvalue weighted by molar-refractivity contribution is 7.92. The first-order valence-electron chi connectivity index (χ1n) is 5.83. The maximum absolute atomic E-state index is 12.8. The SMILES string of the molecule is Cc1c([N+](=O)[O-])cccc1S(=O)(=O)Nc1ccc(F)cc1. The summed E-state index contributed by atoms with van der Waals surface area (Å²) in [6.07, 6.45) is 0. The van der Waals surface area contributed by atoms with E-state index in [-0.39, 0.29) is 21.8 Å². The van der Waals surface area contributed by atoms with Gasteiger partial charge in [0.1, 0.15) is 5.82 Å². The molecule has 0 atom stereocenters. The van der Waals surface area contributed by atoms with Crippen molar-refractivity contribution >= 4 is 21.4 Å². The van der Waals surface area contributed by atoms with Gasteiger partial charge in [-0.1, -0.05) is 6.07 Å². The number of halogens is 1. The molecule has 6 nitrogen and oxygen atoms in total. The number of nitrogens with zero attached hydrogens (tertiary/aromatic N) is 1. The first-order chi connectivity index (χ1) is 9.81. The highest BCUT2D eigenvalue weighted by Crippen LogP contribution is 2.26. The molecule has 21 heavy (non-hydrogen) atoms. The quantitative estimate of drug-likeness (QED) is 0.694. The third kappa shape index (κ3) is 3.16. The van der Waals surface area contributed by atoms with Crippen LogP contribution in [0.4, 0.5) is 15.8 Å². The third-order valence-corrected chi connectivity index (χ3v) is 4.36. The van der Waals surface area contributed by atoms with Crippen LogP contribution >= 0.6 is 0 Å². The molecule has 0 saturated heterocycles. The zero-order chi connectivity index (χ0) is 15.6. The van der Waals surface area contributed by atoms with Gasteiger partial charge in [0.25, 0.3) is 15.7 Å². The van der Waals surface area contributed by atoms with Gasteiger partial charge < -0.3 is 0 Å². The molecule has 0 aliphatic carbocycles. The Morgan fingerprint density at radius 2 is 1.76 bits per heavy atom. The molecular formula is C13H11FN2O4S. The molecule has 2 aromatic carbocycles. The minimum atomic E-state index is -3.99. The largest absolute Gasteiger partial charge is 0.280 e. The second kappa shape index (κ2) is 5.49. The zero-order valence-electron chi connectivity index (χ0n) is 10.9. The molecule has 2 rings (SSSR count). The summed E-state index contributed by atoms with van der Waals surface area (Å²) in [4.78, 5) is 10.0. The van der Waals surface area contributed by atoms with Crippen LogP contribution in [0.5, 0.6) is 0 Å². The molecule has 2 aromatic rings. The van der Waals surface area contributed by atoms with Crippen molar-refractivity contribution in [2.45, 2.75) is 11.8 Å². The molecule has 0 aliphatic heterocycles. The third-order valence-electron chi connectivity index (χ3n) is 2.84. The van der Waals surface area contributed by atoms with E-state index in [4.69, 9.17) is 0 Å². The standard InChI is InChI=1S/C13H11FN2O4S/c1-9-12(16(17)18)3-2-4-13(9)21(19,20)15-11-7-5-10(14)6-8-11/h2-8,15H,1H3. The van der Waals surface area contributed by atoms with Gasteiger partial charge in [-0.25, -0.2) is 12.8 Å². The molecule has 0 radical (unpaired) electrons. The fourth-order valence-electron chi connectivity index (χ4n) is 1.82. The molecule has 0 saturated carbocycles. The molecule has 0 unspecified atom stereocenters. The van der Waals surface area contributed by atoms with Gasteiger partial charge in [0.2, 0.25) is 0 Å². The second-order valence-electron chi connectivity index (χ2n) is 4.27. The lowest BCUT2D eigenvalue weighted by Gasteiger charge is -2.10. The molecule has 0 aromatic heterocycles. The van der Waals surface area contributed by atoms with Crippen molar-refractivity contribution in [2.24, 2.45) is 0 Å². The van der Waals surface area contributed by atoms with Gasteiger partial charge in [-0.3, -0.25) is 14.8 Å². The van der Waals surface area contributed by atoms with Crippen LogP contribution in [0.25, 0.3) is 0 Å². The highest BCUT2D eigenvalue weighted by atomic mass is 32.2. The molecule has 0 aliphatic rings. The van der Waals surface area contributed by atoms with E-state index >= 15 is 0 Å². The van der Waals surface area contributed by atoms with E-state index in [2.05, 4.69) is 4.72 Å². The molecule has 0 fully saturated rings. The Labute approximate surface area is 120 Å². The zero-order valence-corrected chi connectivity index (χ0v) is 11.7. The second-order valence-corrected chi connectivity index (χ2v) is 5.92. The van der Waals surface area contributed by atoms with E-state index in [1.54, 1.807) is 0 Å². The van der Waals surface area contributed by atoms with Crippen LogP contribution in [0, 0.1) is 22.9 Å². The number of nitrogens with one attached hydrogen (secondary N) is 1. The molecule has 0 spiro atoms. The number of anilines is 1. The Bertz CT molecular complexity index is 788. The number of benzene rings is 2. The predicted molar refractivity (Wildman–Crippen MR) is 75.0 cm³/mol. The number of rotatable bonds is 4. The van der Waals surface area contributed by atoms with Crippen LogP contribution in [-0.4, -0.2) is 13.3 Å². The lowest BCUT2D eigenvalue weighted by Crippen LogP contribution is -2.14. The average Bonchev–Trinajstić information content (AvgIpc) is 2.41. The normalized spacial score (nSPS) is 11.1. The average molecular weight is 310 g/mol. The lowest BCUT2D eigenvalue weighted by molar-refractivity contribution is -0.385. The van der Waals surface area contributed by atoms with Crippen molar-refractivity contribution in [3.8, 4) is 0 Å². The van der Waals surface area contributed by atoms with Crippen LogP contribution in [0.15, 0.2) is 47.4 Å². The van der Waals surface area contributed by atoms with Crippen LogP contribution in [-0.2, 0) is 10.0 Å². The Morgan fingerprint density at radius 1 is 1.14 bits per heavy atom. The summed E-state index contributed by atoms with van der Waals surface area (Å²) in [6, 6.07) is 8.54. The minimum absolute atomic E-state index is 0.0390. The number of nitro benzene ring substituents is 1. The fourth-order valence-corrected chi connectivity index (χ4v) is 3.14. The lowest BCUT2D eigenvalue weighted by atomic mass is 10.2. The Kier molecular flexibility index (Phi) is 3.90. The van der Waals surface area contributed by atoms with Gasteiger partial charge >= 0.3 is 0 Å². The van der Waals surface area contributed by atoms with Crippen molar-refractivity contribution < 1.29 is 17.7 Å². The highest BCUT2D eigenvalue weighted by Gasteiger charge is 2.22. The predicted octanol–water partition coefficient (Wildman–Crippen LogP) is 2.84. The van der Waals surface area contributed by atoms with E-state index in [0.29, 0.717) is 0 Å². The van der Waals surface area contributed by atoms with Gasteiger partial charge in [0, 0.05) is 17.3 Å². The molecular weight excluding hydrogens is 299 g/mol. The van der Waals surface area contributed by atoms with Crippen LogP contribution < -0.4 is 4.72 Å². The van der Waals surface area contributed by atoms with E-state index in [1.807, 2.05) is 0 Å². The van der Waals surface area contributed by atoms with Gasteiger partial charge in [-0.2, -0.15) is 0 Å². The number of sulfonamides is 1. The summed E-state index contributed by atoms with van der Waals surface area (Å²) in [5.41, 5.74) is -0.0728. The van der Waals surface area contributed by atoms with Crippen molar-refractivity contribution in [1.29, 1.82) is 0 Å². The van der Waals surface area contributed by atoms with Crippen molar-refractivity contribution in [3.05, 3.63) is 64.0 Å². The topological polar surface area (TPSA) is 89.3 Å². The van der Waals surface area contributed by atoms with E-state index in [1.165, 1.54) is 37.3 Å². The summed E-state index contributed by atoms with van der Waals surface area (Å²) in [5.74, 6) is -0.496. The summed E-state index contributed by atoms with van der Waals surface area (Å²) in [5, 5.41) is 10.8. The van der Waals surface area contributed by atoms with Gasteiger partial charge in [0.05, 0.1) is 9.82 Å². The summed E-state index contributed by atoms with van der Waals surface area (Å²) in [7, 11) is -3.99. The Balaban J connectivity index is 2.42. The first kappa shape index (κ1) is 14.9. The van der Waals surface area contributed by atoms with Crippen LogP contribution in [0.3, 0.4) is 0 Å². The van der Waals surface area contributed by atoms with Crippen molar-refractivity contribution in [1.82, 2.24) is 0 Å². The maximum Gasteiger partial charge on any atom is 0.273 e. The molecule has 0 amide bonds. The molecule has 8 heteroatoms. The van der Waals surface area contributed by atoms with Gasteiger partial charge in [0.15, 0.2) is 0 Å². The van der Waals surface area contributed by atoms with Crippen LogP contribution in [0.1, 0.15) is 5.56 Å². The molecule has 110 valence electrons. The van der Waals surface area contributed by atoms with E-state index in [9.17, 15) is 22.9 Å². The Morgan fingerprint density at radius 3 is 2.33 bits per heavy atom. The number of hydrogen-bond donors (Lipinski definition) is 1. The van der Waals surface area contributed by atoms with Gasteiger partial charge in [-0.05, 0) is 37.3 Å². The number of hydrogen-bond acceptors (Lipinski definition) is 4. The van der Waals surface area contributed by atoms with Gasteiger partial charge in [-0.15, -0.1) is 0 Å². The monoisotopic (exact) mass is 310 g/mol. The van der Waals surface area contributed by atoms with E-state index < -0.39 is 20.8 Å². The molecule has 0 bridgehead atoms. The van der Waals surface area contributed by atoms with E-state index in [0.717, 1.165) is 12.1 Å². The summed E-state index contributed by atoms with van der Waals surface area (Å²) >= 11 is 0. The van der Waals surface area contributed by atoms with Crippen molar-refractivity contribution in [3.63, 3.8) is 0 Å². The maximum atomic E-state index is 12.8. The van der Waals surface area contributed by atoms with Crippen LogP contribution in [0.2, 0.25) is 0 Å². The smallest absolute Gasteiger partial charge is 0.273 e. The fraction of sp³-hybridized carbons (Fsp3) is 0.0769. The Hall–Kier alpha value is -2.48. The summed E-state index contributed by atoms with van der Waals surface area (Å²) < 4.78 is 39.6.